The third kappa shape index (κ3) is 5.96. The smallest absolute Gasteiger partial charge is 0.200 e. The summed E-state index contributed by atoms with van der Waals surface area (Å²) in [6.45, 7) is 0. The van der Waals surface area contributed by atoms with E-state index in [0.717, 1.165) is 6.08 Å². The molecule has 2 aromatic carbocycles. The second-order valence-electron chi connectivity index (χ2n) is 6.19. The van der Waals surface area contributed by atoms with Crippen molar-refractivity contribution in [3.8, 4) is 34.5 Å². The van der Waals surface area contributed by atoms with Crippen molar-refractivity contribution in [2.45, 2.75) is 0 Å². The number of allylic oxidation sites excluding steroid dienone is 3. The molecule has 0 saturated carbocycles. The first-order chi connectivity index (χ1) is 14.8. The maximum absolute atomic E-state index is 12.1. The van der Waals surface area contributed by atoms with Crippen LogP contribution in [0.3, 0.4) is 0 Å². The van der Waals surface area contributed by atoms with Crippen LogP contribution in [0.1, 0.15) is 11.1 Å². The average Bonchev–Trinajstić information content (AvgIpc) is 2.77. The first-order valence-corrected chi connectivity index (χ1v) is 9.03. The average molecular weight is 428 g/mol. The molecule has 0 aliphatic heterocycles. The minimum absolute atomic E-state index is 0.135. The summed E-state index contributed by atoms with van der Waals surface area (Å²) in [5.41, 5.74) is 1.14. The van der Waals surface area contributed by atoms with Crippen LogP contribution in [-0.2, 0) is 4.79 Å². The number of carbonyl (C=O) groups is 1. The quantitative estimate of drug-likeness (QED) is 0.313. The van der Waals surface area contributed by atoms with E-state index in [4.69, 9.17) is 18.9 Å². The van der Waals surface area contributed by atoms with E-state index in [2.05, 4.69) is 0 Å². The second kappa shape index (κ2) is 10.6. The number of carbonyl (C=O) groups excluding carboxylic acids is 1. The molecule has 0 saturated heterocycles. The molecular formula is C23H24O8. The predicted molar refractivity (Wildman–Crippen MR) is 116 cm³/mol. The Kier molecular flexibility index (Phi) is 7.96. The van der Waals surface area contributed by atoms with Gasteiger partial charge in [0.1, 0.15) is 5.76 Å². The van der Waals surface area contributed by atoms with Gasteiger partial charge in [0, 0.05) is 6.08 Å². The minimum Gasteiger partial charge on any atom is -0.508 e. The van der Waals surface area contributed by atoms with Crippen LogP contribution < -0.4 is 18.9 Å². The zero-order chi connectivity index (χ0) is 23.0. The fourth-order valence-corrected chi connectivity index (χ4v) is 2.62. The van der Waals surface area contributed by atoms with E-state index >= 15 is 0 Å². The molecule has 0 bridgehead atoms. The standard InChI is InChI=1S/C23H24O8/c1-28-18-9-14(10-19(29-2)22(18)26)5-7-16(24)13-17(25)8-6-15-11-20(30-3)23(27)21(12-15)31-4/h5-13,24,26-27H,1-4H3/b7-5+,8-6+,16-13-. The van der Waals surface area contributed by atoms with Crippen molar-refractivity contribution < 1.29 is 39.1 Å². The molecule has 2 rings (SSSR count). The summed E-state index contributed by atoms with van der Waals surface area (Å²) in [6.07, 6.45) is 6.64. The highest BCUT2D eigenvalue weighted by Crippen LogP contribution is 2.38. The van der Waals surface area contributed by atoms with Gasteiger partial charge in [0.05, 0.1) is 28.4 Å². The van der Waals surface area contributed by atoms with E-state index < -0.39 is 5.78 Å². The fraction of sp³-hybridized carbons (Fsp3) is 0.174. The summed E-state index contributed by atoms with van der Waals surface area (Å²) >= 11 is 0. The number of rotatable bonds is 9. The largest absolute Gasteiger partial charge is 0.508 e. The number of hydrogen-bond donors (Lipinski definition) is 3. The summed E-state index contributed by atoms with van der Waals surface area (Å²) in [4.78, 5) is 12.1. The van der Waals surface area contributed by atoms with Crippen LogP contribution in [0.5, 0.6) is 34.5 Å². The number of methoxy groups -OCH3 is 4. The fourth-order valence-electron chi connectivity index (χ4n) is 2.62. The summed E-state index contributed by atoms with van der Waals surface area (Å²) in [5.74, 6) is -0.193. The van der Waals surface area contributed by atoms with E-state index in [0.29, 0.717) is 11.1 Å². The van der Waals surface area contributed by atoms with Gasteiger partial charge in [-0.2, -0.15) is 0 Å². The SMILES string of the molecule is COc1cc(/C=C/C(=O)/C=C(O)/C=C/c2cc(OC)c(O)c(OC)c2)cc(OC)c1O. The molecule has 0 heterocycles. The van der Waals surface area contributed by atoms with E-state index in [-0.39, 0.29) is 40.3 Å². The summed E-state index contributed by atoms with van der Waals surface area (Å²) in [6, 6.07) is 6.18. The van der Waals surface area contributed by atoms with E-state index in [9.17, 15) is 20.1 Å². The molecule has 2 aromatic rings. The Morgan fingerprint density at radius 2 is 1.06 bits per heavy atom. The number of benzene rings is 2. The highest BCUT2D eigenvalue weighted by atomic mass is 16.5. The van der Waals surface area contributed by atoms with Gasteiger partial charge in [-0.15, -0.1) is 0 Å². The van der Waals surface area contributed by atoms with Gasteiger partial charge in [0.25, 0.3) is 0 Å². The molecule has 3 N–H and O–H groups in total. The second-order valence-corrected chi connectivity index (χ2v) is 6.19. The summed E-state index contributed by atoms with van der Waals surface area (Å²) in [7, 11) is 5.62. The van der Waals surface area contributed by atoms with Gasteiger partial charge in [0.15, 0.2) is 28.8 Å². The van der Waals surface area contributed by atoms with Crippen molar-refractivity contribution in [3.63, 3.8) is 0 Å². The first kappa shape index (κ1) is 23.2. The first-order valence-electron chi connectivity index (χ1n) is 9.03. The Morgan fingerprint density at radius 1 is 0.710 bits per heavy atom. The maximum atomic E-state index is 12.1. The van der Waals surface area contributed by atoms with E-state index in [1.807, 2.05) is 0 Å². The van der Waals surface area contributed by atoms with Gasteiger partial charge in [-0.25, -0.2) is 0 Å². The zero-order valence-electron chi connectivity index (χ0n) is 17.6. The minimum atomic E-state index is -0.464. The molecule has 0 aliphatic rings. The third-order valence-corrected chi connectivity index (χ3v) is 4.18. The van der Waals surface area contributed by atoms with Crippen LogP contribution in [-0.4, -0.2) is 49.5 Å². The van der Waals surface area contributed by atoms with E-state index in [1.165, 1.54) is 64.9 Å². The van der Waals surface area contributed by atoms with Crippen molar-refractivity contribution in [1.29, 1.82) is 0 Å². The van der Waals surface area contributed by atoms with Crippen molar-refractivity contribution in [1.82, 2.24) is 0 Å². The van der Waals surface area contributed by atoms with Gasteiger partial charge in [-0.1, -0.05) is 12.2 Å². The van der Waals surface area contributed by atoms with Crippen LogP contribution in [0.4, 0.5) is 0 Å². The van der Waals surface area contributed by atoms with Crippen LogP contribution in [0, 0.1) is 0 Å². The molecule has 0 fully saturated rings. The van der Waals surface area contributed by atoms with Crippen molar-refractivity contribution in [3.05, 3.63) is 59.4 Å². The number of hydrogen-bond acceptors (Lipinski definition) is 8. The van der Waals surface area contributed by atoms with Crippen LogP contribution >= 0.6 is 0 Å². The molecule has 0 atom stereocenters. The van der Waals surface area contributed by atoms with Gasteiger partial charge in [0.2, 0.25) is 11.5 Å². The molecule has 0 aliphatic carbocycles. The topological polar surface area (TPSA) is 115 Å². The number of phenolic OH excluding ortho intramolecular Hbond substituents is 2. The van der Waals surface area contributed by atoms with Gasteiger partial charge >= 0.3 is 0 Å². The molecule has 0 unspecified atom stereocenters. The number of aliphatic hydroxyl groups excluding tert-OH is 1. The number of aromatic hydroxyl groups is 2. The van der Waals surface area contributed by atoms with Gasteiger partial charge < -0.3 is 34.3 Å². The van der Waals surface area contributed by atoms with Gasteiger partial charge in [-0.05, 0) is 47.5 Å². The lowest BCUT2D eigenvalue weighted by Gasteiger charge is -2.09. The monoisotopic (exact) mass is 428 g/mol. The van der Waals surface area contributed by atoms with Crippen LogP contribution in [0.15, 0.2) is 48.3 Å². The Labute approximate surface area is 179 Å². The molecule has 0 radical (unpaired) electrons. The molecule has 8 heteroatoms. The van der Waals surface area contributed by atoms with Crippen LogP contribution in [0.25, 0.3) is 12.2 Å². The number of ketones is 1. The molecule has 0 amide bonds. The number of aliphatic hydroxyl groups is 1. The third-order valence-electron chi connectivity index (χ3n) is 4.18. The summed E-state index contributed by atoms with van der Waals surface area (Å²) in [5, 5.41) is 29.9. The normalized spacial score (nSPS) is 11.7. The molecule has 8 nitrogen and oxygen atoms in total. The Morgan fingerprint density at radius 3 is 1.42 bits per heavy atom. The highest BCUT2D eigenvalue weighted by Gasteiger charge is 2.11. The Bertz CT molecular complexity index is 984. The molecule has 0 aromatic heterocycles. The maximum Gasteiger partial charge on any atom is 0.200 e. The predicted octanol–water partition coefficient (Wildman–Crippen LogP) is 3.87. The lowest BCUT2D eigenvalue weighted by atomic mass is 10.1. The van der Waals surface area contributed by atoms with Crippen molar-refractivity contribution in [2.75, 3.05) is 28.4 Å². The molecule has 31 heavy (non-hydrogen) atoms. The van der Waals surface area contributed by atoms with Crippen molar-refractivity contribution in [2.24, 2.45) is 0 Å². The zero-order valence-corrected chi connectivity index (χ0v) is 17.6. The highest BCUT2D eigenvalue weighted by molar-refractivity contribution is 6.02. The van der Waals surface area contributed by atoms with E-state index in [1.54, 1.807) is 12.1 Å². The summed E-state index contributed by atoms with van der Waals surface area (Å²) < 4.78 is 20.3. The van der Waals surface area contributed by atoms with Crippen LogP contribution in [0.2, 0.25) is 0 Å². The Balaban J connectivity index is 2.17. The molecule has 0 spiro atoms. The lowest BCUT2D eigenvalue weighted by Crippen LogP contribution is -1.92. The Hall–Kier alpha value is -4.07. The van der Waals surface area contributed by atoms with Gasteiger partial charge in [-0.3, -0.25) is 4.79 Å². The number of phenols is 2. The van der Waals surface area contributed by atoms with Crippen molar-refractivity contribution >= 4 is 17.9 Å². The molecular weight excluding hydrogens is 404 g/mol. The number of ether oxygens (including phenoxy) is 4. The molecule has 164 valence electrons. The lowest BCUT2D eigenvalue weighted by molar-refractivity contribution is -0.110.